The summed E-state index contributed by atoms with van der Waals surface area (Å²) in [5, 5.41) is 8.64. The van der Waals surface area contributed by atoms with Gasteiger partial charge in [-0.15, -0.1) is 0 Å². The fourth-order valence-electron chi connectivity index (χ4n) is 3.47. The van der Waals surface area contributed by atoms with E-state index in [1.807, 2.05) is 67.6 Å². The fourth-order valence-corrected chi connectivity index (χ4v) is 3.47. The number of benzene rings is 3. The molecule has 0 bridgehead atoms. The summed E-state index contributed by atoms with van der Waals surface area (Å²) in [7, 11) is 0.714. The maximum atomic E-state index is 8.64. The molecule has 3 aromatic carbocycles. The molecule has 0 atom stereocenters. The summed E-state index contributed by atoms with van der Waals surface area (Å²) in [6.07, 6.45) is 2.72. The van der Waals surface area contributed by atoms with E-state index in [1.54, 1.807) is 0 Å². The molecule has 29 heavy (non-hydrogen) atoms. The van der Waals surface area contributed by atoms with Gasteiger partial charge < -0.3 is 14.4 Å². The predicted octanol–water partition coefficient (Wildman–Crippen LogP) is 4.87. The van der Waals surface area contributed by atoms with Crippen LogP contribution < -0.4 is 0 Å². The Morgan fingerprint density at radius 2 is 1.28 bits per heavy atom. The van der Waals surface area contributed by atoms with Crippen LogP contribution in [-0.2, 0) is 15.0 Å². The lowest BCUT2D eigenvalue weighted by Gasteiger charge is -2.36. The highest BCUT2D eigenvalue weighted by Gasteiger charge is 2.37. The van der Waals surface area contributed by atoms with E-state index in [0.717, 1.165) is 28.7 Å². The second-order valence-electron chi connectivity index (χ2n) is 6.87. The van der Waals surface area contributed by atoms with Crippen molar-refractivity contribution < 1.29 is 14.4 Å². The molecule has 3 rings (SSSR count). The Labute approximate surface area is 173 Å². The molecule has 1 radical (unpaired) electrons. The van der Waals surface area contributed by atoms with Gasteiger partial charge in [-0.2, -0.15) is 0 Å². The number of hydrogen-bond donors (Lipinski definition) is 1. The van der Waals surface area contributed by atoms with Crippen LogP contribution in [0, 0.1) is 0 Å². The SMILES string of the molecule is C/C(=C/CO[B]O)CCOC(c1ccccc1)(c1ccccc1)c1ccccc1. The first-order chi connectivity index (χ1) is 14.3. The van der Waals surface area contributed by atoms with Crippen molar-refractivity contribution in [2.75, 3.05) is 13.2 Å². The zero-order chi connectivity index (χ0) is 20.4. The predicted molar refractivity (Wildman–Crippen MR) is 117 cm³/mol. The molecule has 0 unspecified atom stereocenters. The van der Waals surface area contributed by atoms with Gasteiger partial charge in [0.05, 0.1) is 6.61 Å². The molecule has 0 saturated heterocycles. The molecule has 0 aromatic heterocycles. The van der Waals surface area contributed by atoms with Gasteiger partial charge in [-0.3, -0.25) is 0 Å². The van der Waals surface area contributed by atoms with Crippen LogP contribution in [-0.4, -0.2) is 25.9 Å². The lowest BCUT2D eigenvalue weighted by atomic mass is 9.80. The summed E-state index contributed by atoms with van der Waals surface area (Å²) in [5.41, 5.74) is 3.74. The van der Waals surface area contributed by atoms with Gasteiger partial charge in [-0.25, -0.2) is 0 Å². The molecular weight excluding hydrogens is 359 g/mol. The molecule has 1 N–H and O–H groups in total. The summed E-state index contributed by atoms with van der Waals surface area (Å²) in [6, 6.07) is 31.1. The van der Waals surface area contributed by atoms with Crippen LogP contribution in [0.25, 0.3) is 0 Å². The van der Waals surface area contributed by atoms with Gasteiger partial charge in [0, 0.05) is 6.61 Å². The van der Waals surface area contributed by atoms with E-state index in [0.29, 0.717) is 20.9 Å². The van der Waals surface area contributed by atoms with Crippen molar-refractivity contribution in [1.29, 1.82) is 0 Å². The maximum absolute atomic E-state index is 8.64. The maximum Gasteiger partial charge on any atom is 0.485 e. The lowest BCUT2D eigenvalue weighted by molar-refractivity contribution is 0.0147. The van der Waals surface area contributed by atoms with Gasteiger partial charge in [0.25, 0.3) is 0 Å². The summed E-state index contributed by atoms with van der Waals surface area (Å²) in [6.45, 7) is 2.94. The van der Waals surface area contributed by atoms with Gasteiger partial charge in [0.1, 0.15) is 5.60 Å². The molecule has 147 valence electrons. The van der Waals surface area contributed by atoms with E-state index in [4.69, 9.17) is 14.4 Å². The summed E-state index contributed by atoms with van der Waals surface area (Å²) >= 11 is 0. The normalized spacial score (nSPS) is 12.0. The third-order valence-corrected chi connectivity index (χ3v) is 4.96. The van der Waals surface area contributed by atoms with E-state index < -0.39 is 5.60 Å². The van der Waals surface area contributed by atoms with Crippen LogP contribution in [0.15, 0.2) is 103 Å². The minimum atomic E-state index is -0.695. The smallest absolute Gasteiger partial charge is 0.429 e. The van der Waals surface area contributed by atoms with E-state index in [9.17, 15) is 0 Å². The molecule has 0 fully saturated rings. The first-order valence-electron chi connectivity index (χ1n) is 9.81. The molecule has 3 aromatic rings. The first kappa shape index (κ1) is 21.1. The Kier molecular flexibility index (Phi) is 7.82. The fraction of sp³-hybridized carbons (Fsp3) is 0.200. The van der Waals surface area contributed by atoms with E-state index >= 15 is 0 Å². The minimum absolute atomic E-state index is 0.351. The van der Waals surface area contributed by atoms with E-state index in [2.05, 4.69) is 36.4 Å². The van der Waals surface area contributed by atoms with Gasteiger partial charge in [0.2, 0.25) is 0 Å². The monoisotopic (exact) mass is 385 g/mol. The van der Waals surface area contributed by atoms with Crippen LogP contribution in [0.3, 0.4) is 0 Å². The number of ether oxygens (including phenoxy) is 1. The van der Waals surface area contributed by atoms with Crippen LogP contribution in [0.2, 0.25) is 0 Å². The molecule has 0 spiro atoms. The van der Waals surface area contributed by atoms with Crippen molar-refractivity contribution >= 4 is 7.69 Å². The quantitative estimate of drug-likeness (QED) is 0.234. The third kappa shape index (κ3) is 5.24. The molecule has 0 aliphatic carbocycles. The molecular formula is C25H26BO3. The van der Waals surface area contributed by atoms with Gasteiger partial charge >= 0.3 is 7.69 Å². The molecule has 3 nitrogen and oxygen atoms in total. The van der Waals surface area contributed by atoms with Gasteiger partial charge in [-0.05, 0) is 30.0 Å². The van der Waals surface area contributed by atoms with E-state index in [1.165, 1.54) is 0 Å². The zero-order valence-electron chi connectivity index (χ0n) is 16.7. The molecule has 0 amide bonds. The van der Waals surface area contributed by atoms with Crippen molar-refractivity contribution in [1.82, 2.24) is 0 Å². The summed E-state index contributed by atoms with van der Waals surface area (Å²) in [5.74, 6) is 0. The highest BCUT2D eigenvalue weighted by Crippen LogP contribution is 2.40. The largest absolute Gasteiger partial charge is 0.485 e. The third-order valence-electron chi connectivity index (χ3n) is 4.96. The number of rotatable bonds is 10. The van der Waals surface area contributed by atoms with Crippen LogP contribution in [0.5, 0.6) is 0 Å². The standard InChI is InChI=1S/C25H26BO3/c1-21(18-20-29-26-27)17-19-28-25(22-11-5-2-6-12-22,23-13-7-3-8-14-23)24-15-9-4-10-16-24/h2-16,18,27H,17,19-20H2,1H3/b21-18-. The molecule has 0 heterocycles. The second-order valence-corrected chi connectivity index (χ2v) is 6.87. The zero-order valence-corrected chi connectivity index (χ0v) is 16.7. The van der Waals surface area contributed by atoms with Crippen molar-refractivity contribution in [3.63, 3.8) is 0 Å². The average Bonchev–Trinajstić information content (AvgIpc) is 2.79. The van der Waals surface area contributed by atoms with Crippen molar-refractivity contribution in [3.8, 4) is 0 Å². The highest BCUT2D eigenvalue weighted by molar-refractivity contribution is 6.15. The van der Waals surface area contributed by atoms with Crippen molar-refractivity contribution in [3.05, 3.63) is 119 Å². The van der Waals surface area contributed by atoms with Crippen LogP contribution in [0.4, 0.5) is 0 Å². The average molecular weight is 385 g/mol. The Balaban J connectivity index is 1.98. The van der Waals surface area contributed by atoms with Gasteiger partial charge in [-0.1, -0.05) is 103 Å². The molecule has 0 aliphatic rings. The number of hydrogen-bond acceptors (Lipinski definition) is 3. The Bertz CT molecular complexity index is 783. The van der Waals surface area contributed by atoms with Crippen LogP contribution >= 0.6 is 0 Å². The summed E-state index contributed by atoms with van der Waals surface area (Å²) < 4.78 is 11.6. The highest BCUT2D eigenvalue weighted by atomic mass is 16.5. The van der Waals surface area contributed by atoms with Gasteiger partial charge in [0.15, 0.2) is 0 Å². The molecule has 4 heteroatoms. The topological polar surface area (TPSA) is 38.7 Å². The summed E-state index contributed by atoms with van der Waals surface area (Å²) in [4.78, 5) is 0. The second kappa shape index (κ2) is 10.8. The Morgan fingerprint density at radius 1 is 0.828 bits per heavy atom. The van der Waals surface area contributed by atoms with Crippen LogP contribution in [0.1, 0.15) is 30.0 Å². The minimum Gasteiger partial charge on any atom is -0.429 e. The molecule has 0 aliphatic heterocycles. The van der Waals surface area contributed by atoms with Crippen molar-refractivity contribution in [2.45, 2.75) is 18.9 Å². The van der Waals surface area contributed by atoms with Crippen molar-refractivity contribution in [2.24, 2.45) is 0 Å². The Hall–Kier alpha value is -2.66. The van der Waals surface area contributed by atoms with E-state index in [-0.39, 0.29) is 0 Å². The molecule has 0 saturated carbocycles. The lowest BCUT2D eigenvalue weighted by Crippen LogP contribution is -2.33. The Morgan fingerprint density at radius 3 is 1.69 bits per heavy atom. The first-order valence-corrected chi connectivity index (χ1v) is 9.81.